The van der Waals surface area contributed by atoms with Crippen LogP contribution in [0.1, 0.15) is 19.3 Å². The van der Waals surface area contributed by atoms with Gasteiger partial charge >= 0.3 is 0 Å². The summed E-state index contributed by atoms with van der Waals surface area (Å²) < 4.78 is 2.47. The van der Waals surface area contributed by atoms with E-state index < -0.39 is 0 Å². The summed E-state index contributed by atoms with van der Waals surface area (Å²) in [6, 6.07) is 0. The van der Waals surface area contributed by atoms with Gasteiger partial charge in [-0.2, -0.15) is 0 Å². The predicted octanol–water partition coefficient (Wildman–Crippen LogP) is 1.46. The fourth-order valence-corrected chi connectivity index (χ4v) is 2.93. The summed E-state index contributed by atoms with van der Waals surface area (Å²) >= 11 is 2.47. The van der Waals surface area contributed by atoms with Crippen molar-refractivity contribution in [3.05, 3.63) is 0 Å². The van der Waals surface area contributed by atoms with Gasteiger partial charge in [-0.25, -0.2) is 3.11 Å². The molecule has 2 fully saturated rings. The lowest BCUT2D eigenvalue weighted by atomic mass is 10.2. The lowest BCUT2D eigenvalue weighted by molar-refractivity contribution is 0.122. The van der Waals surface area contributed by atoms with E-state index in [4.69, 9.17) is 0 Å². The highest BCUT2D eigenvalue weighted by molar-refractivity contribution is 14.1. The third-order valence-corrected chi connectivity index (χ3v) is 3.60. The van der Waals surface area contributed by atoms with Crippen molar-refractivity contribution in [2.45, 2.75) is 25.4 Å². The summed E-state index contributed by atoms with van der Waals surface area (Å²) in [7, 11) is 0. The lowest BCUT2D eigenvalue weighted by Crippen LogP contribution is -2.45. The van der Waals surface area contributed by atoms with E-state index in [1.54, 1.807) is 0 Å². The summed E-state index contributed by atoms with van der Waals surface area (Å²) in [6.45, 7) is 3.97. The van der Waals surface area contributed by atoms with Crippen LogP contribution >= 0.6 is 22.9 Å². The van der Waals surface area contributed by atoms with E-state index >= 15 is 0 Å². The molecule has 58 valence electrons. The molecule has 3 heteroatoms. The fraction of sp³-hybridized carbons (Fsp3) is 1.00. The molecule has 0 saturated carbocycles. The Labute approximate surface area is 76.1 Å². The first-order valence-corrected chi connectivity index (χ1v) is 5.01. The molecule has 0 bridgehead atoms. The number of hydrogen-bond donors (Lipinski definition) is 0. The molecule has 0 aromatic carbocycles. The molecule has 1 atom stereocenters. The van der Waals surface area contributed by atoms with Crippen LogP contribution in [-0.4, -0.2) is 33.8 Å². The van der Waals surface area contributed by atoms with Crippen LogP contribution < -0.4 is 0 Å². The van der Waals surface area contributed by atoms with Crippen molar-refractivity contribution in [2.75, 3.05) is 19.6 Å². The molecule has 2 aliphatic rings. The summed E-state index contributed by atoms with van der Waals surface area (Å²) in [6.07, 6.45) is 4.95. The van der Waals surface area contributed by atoms with Crippen LogP contribution in [0.4, 0.5) is 0 Å². The second kappa shape index (κ2) is 2.95. The monoisotopic (exact) mass is 252 g/mol. The Morgan fingerprint density at radius 2 is 1.90 bits per heavy atom. The van der Waals surface area contributed by atoms with Crippen molar-refractivity contribution in [3.63, 3.8) is 0 Å². The minimum absolute atomic E-state index is 0.786. The normalized spacial score (nSPS) is 36.3. The van der Waals surface area contributed by atoms with Gasteiger partial charge in [0.15, 0.2) is 0 Å². The van der Waals surface area contributed by atoms with Crippen LogP contribution in [0.15, 0.2) is 0 Å². The fourth-order valence-electron chi connectivity index (χ4n) is 1.96. The molecule has 2 nitrogen and oxygen atoms in total. The molecule has 0 N–H and O–H groups in total. The Morgan fingerprint density at radius 3 is 2.70 bits per heavy atom. The Morgan fingerprint density at radius 1 is 1.10 bits per heavy atom. The first kappa shape index (κ1) is 7.31. The highest BCUT2D eigenvalue weighted by Gasteiger charge is 2.31. The average Bonchev–Trinajstić information content (AvgIpc) is 2.36. The maximum atomic E-state index is 2.61. The lowest BCUT2D eigenvalue weighted by Gasteiger charge is -2.35. The number of fused-ring (bicyclic) bond motifs is 1. The third-order valence-electron chi connectivity index (χ3n) is 2.47. The van der Waals surface area contributed by atoms with E-state index in [-0.39, 0.29) is 0 Å². The number of nitrogens with zero attached hydrogens (tertiary/aromatic N) is 2. The van der Waals surface area contributed by atoms with Crippen molar-refractivity contribution < 1.29 is 0 Å². The molecule has 0 radical (unpaired) electrons. The van der Waals surface area contributed by atoms with Crippen LogP contribution in [0.25, 0.3) is 0 Å². The molecule has 2 rings (SSSR count). The van der Waals surface area contributed by atoms with Crippen molar-refractivity contribution >= 4 is 22.9 Å². The molecular weight excluding hydrogens is 239 g/mol. The molecule has 0 aliphatic carbocycles. The number of rotatable bonds is 0. The highest BCUT2D eigenvalue weighted by atomic mass is 127. The van der Waals surface area contributed by atoms with Gasteiger partial charge in [-0.1, -0.05) is 0 Å². The molecule has 0 spiro atoms. The Kier molecular flexibility index (Phi) is 2.15. The second-order valence-electron chi connectivity index (χ2n) is 3.14. The first-order chi connectivity index (χ1) is 4.88. The largest absolute Gasteiger partial charge is 0.287 e. The minimum atomic E-state index is 0.786. The topological polar surface area (TPSA) is 6.48 Å². The van der Waals surface area contributed by atoms with Crippen molar-refractivity contribution in [3.8, 4) is 0 Å². The van der Waals surface area contributed by atoms with E-state index in [0.29, 0.717) is 0 Å². The highest BCUT2D eigenvalue weighted by Crippen LogP contribution is 2.26. The molecule has 1 unspecified atom stereocenters. The van der Waals surface area contributed by atoms with Crippen molar-refractivity contribution in [1.29, 1.82) is 0 Å². The molecule has 2 saturated heterocycles. The van der Waals surface area contributed by atoms with Gasteiger partial charge < -0.3 is 0 Å². The zero-order valence-corrected chi connectivity index (χ0v) is 8.25. The molecule has 2 aliphatic heterocycles. The number of hydrogen-bond acceptors (Lipinski definition) is 2. The standard InChI is InChI=1S/C7H13IN2/c8-10-6-2-5-9-4-1-3-7(9)10/h7H,1-6H2. The van der Waals surface area contributed by atoms with Gasteiger partial charge in [-0.15, -0.1) is 0 Å². The summed E-state index contributed by atoms with van der Waals surface area (Å²) in [5, 5.41) is 0. The van der Waals surface area contributed by atoms with E-state index in [1.807, 2.05) is 0 Å². The van der Waals surface area contributed by atoms with Crippen molar-refractivity contribution in [2.24, 2.45) is 0 Å². The molecule has 0 amide bonds. The van der Waals surface area contributed by atoms with Crippen LogP contribution in [0, 0.1) is 0 Å². The van der Waals surface area contributed by atoms with E-state index in [2.05, 4.69) is 30.9 Å². The average molecular weight is 252 g/mol. The minimum Gasteiger partial charge on any atom is -0.287 e. The van der Waals surface area contributed by atoms with E-state index in [1.165, 1.54) is 38.9 Å². The predicted molar refractivity (Wildman–Crippen MR) is 49.9 cm³/mol. The van der Waals surface area contributed by atoms with Gasteiger partial charge in [-0.05, 0) is 25.8 Å². The molecule has 10 heavy (non-hydrogen) atoms. The Bertz CT molecular complexity index is 129. The molecule has 0 aromatic heterocycles. The van der Waals surface area contributed by atoms with Crippen LogP contribution in [-0.2, 0) is 0 Å². The van der Waals surface area contributed by atoms with Gasteiger partial charge in [0.25, 0.3) is 0 Å². The van der Waals surface area contributed by atoms with Crippen LogP contribution in [0.5, 0.6) is 0 Å². The first-order valence-electron chi connectivity index (χ1n) is 4.04. The second-order valence-corrected chi connectivity index (χ2v) is 4.37. The SMILES string of the molecule is IN1CCCN2CCCC12. The molecule has 0 aromatic rings. The van der Waals surface area contributed by atoms with Crippen LogP contribution in [0.2, 0.25) is 0 Å². The summed E-state index contributed by atoms with van der Waals surface area (Å²) in [4.78, 5) is 2.61. The Hall–Kier alpha value is 0.650. The number of halogens is 1. The maximum absolute atomic E-state index is 2.61. The van der Waals surface area contributed by atoms with E-state index in [0.717, 1.165) is 6.17 Å². The van der Waals surface area contributed by atoms with Crippen LogP contribution in [0.3, 0.4) is 0 Å². The van der Waals surface area contributed by atoms with E-state index in [9.17, 15) is 0 Å². The maximum Gasteiger partial charge on any atom is 0.0714 e. The van der Waals surface area contributed by atoms with Gasteiger partial charge in [-0.3, -0.25) is 4.90 Å². The van der Waals surface area contributed by atoms with Gasteiger partial charge in [0.1, 0.15) is 0 Å². The summed E-state index contributed by atoms with van der Waals surface area (Å²) in [5.74, 6) is 0. The molecule has 2 heterocycles. The third kappa shape index (κ3) is 1.19. The Balaban J connectivity index is 2.03. The summed E-state index contributed by atoms with van der Waals surface area (Å²) in [5.41, 5.74) is 0. The quantitative estimate of drug-likeness (QED) is 0.475. The van der Waals surface area contributed by atoms with Crippen molar-refractivity contribution in [1.82, 2.24) is 8.01 Å². The van der Waals surface area contributed by atoms with Gasteiger partial charge in [0.2, 0.25) is 0 Å². The van der Waals surface area contributed by atoms with Gasteiger partial charge in [0.05, 0.1) is 6.17 Å². The smallest absolute Gasteiger partial charge is 0.0714 e. The van der Waals surface area contributed by atoms with Gasteiger partial charge in [0, 0.05) is 36.0 Å². The molecular formula is C7H13IN2. The zero-order valence-electron chi connectivity index (χ0n) is 6.09. The zero-order chi connectivity index (χ0) is 6.97.